The van der Waals surface area contributed by atoms with E-state index in [1.165, 1.54) is 7.11 Å². The number of H-pyrrole nitrogens is 1. The van der Waals surface area contributed by atoms with Crippen molar-refractivity contribution in [2.24, 2.45) is 0 Å². The predicted octanol–water partition coefficient (Wildman–Crippen LogP) is -0.399. The Labute approximate surface area is 94.0 Å². The number of hydrogen-bond donors (Lipinski definition) is 2. The molecule has 1 saturated heterocycles. The topological polar surface area (TPSA) is 70.2 Å². The lowest BCUT2D eigenvalue weighted by atomic mass is 10.2. The molecule has 1 aromatic heterocycles. The van der Waals surface area contributed by atoms with Gasteiger partial charge in [-0.15, -0.1) is 0 Å². The van der Waals surface area contributed by atoms with Crippen LogP contribution in [-0.2, 0) is 11.3 Å². The number of nitrogens with one attached hydrogen (secondary N) is 2. The molecular formula is C10H16N4O2. The van der Waals surface area contributed by atoms with Gasteiger partial charge in [0.2, 0.25) is 0 Å². The molecule has 1 aliphatic heterocycles. The Kier molecular flexibility index (Phi) is 3.53. The van der Waals surface area contributed by atoms with Crippen molar-refractivity contribution in [3.63, 3.8) is 0 Å². The van der Waals surface area contributed by atoms with Gasteiger partial charge in [0.1, 0.15) is 5.69 Å². The number of rotatable bonds is 3. The zero-order valence-corrected chi connectivity index (χ0v) is 9.32. The quantitative estimate of drug-likeness (QED) is 0.684. The van der Waals surface area contributed by atoms with E-state index in [9.17, 15) is 4.79 Å². The van der Waals surface area contributed by atoms with Gasteiger partial charge in [-0.2, -0.15) is 5.10 Å². The molecule has 1 aliphatic rings. The van der Waals surface area contributed by atoms with Crippen molar-refractivity contribution in [3.05, 3.63) is 17.5 Å². The predicted molar refractivity (Wildman–Crippen MR) is 58.1 cm³/mol. The summed E-state index contributed by atoms with van der Waals surface area (Å²) in [5.74, 6) is -0.359. The van der Waals surface area contributed by atoms with Crippen LogP contribution >= 0.6 is 0 Å². The molecule has 16 heavy (non-hydrogen) atoms. The van der Waals surface area contributed by atoms with Crippen molar-refractivity contribution in [2.75, 3.05) is 33.3 Å². The molecule has 0 aliphatic carbocycles. The lowest BCUT2D eigenvalue weighted by molar-refractivity contribution is 0.0591. The number of hydrogen-bond acceptors (Lipinski definition) is 5. The van der Waals surface area contributed by atoms with Crippen LogP contribution in [0.15, 0.2) is 6.20 Å². The highest BCUT2D eigenvalue weighted by Crippen LogP contribution is 2.10. The van der Waals surface area contributed by atoms with Crippen LogP contribution in [0.2, 0.25) is 0 Å². The third-order valence-electron chi connectivity index (χ3n) is 2.71. The number of carbonyl (C=O) groups excluding carboxylic acids is 1. The zero-order valence-electron chi connectivity index (χ0n) is 9.32. The Morgan fingerprint density at radius 2 is 2.31 bits per heavy atom. The maximum atomic E-state index is 11.4. The smallest absolute Gasteiger partial charge is 0.356 e. The highest BCUT2D eigenvalue weighted by atomic mass is 16.5. The molecule has 0 aromatic carbocycles. The van der Waals surface area contributed by atoms with E-state index in [-0.39, 0.29) is 5.97 Å². The molecule has 88 valence electrons. The Balaban J connectivity index is 2.03. The summed E-state index contributed by atoms with van der Waals surface area (Å²) in [6, 6.07) is 0. The normalized spacial score (nSPS) is 17.3. The van der Waals surface area contributed by atoms with Crippen LogP contribution in [0.1, 0.15) is 16.1 Å². The van der Waals surface area contributed by atoms with Gasteiger partial charge in [-0.05, 0) is 0 Å². The number of aromatic amines is 1. The summed E-state index contributed by atoms with van der Waals surface area (Å²) in [7, 11) is 1.37. The second-order valence-corrected chi connectivity index (χ2v) is 3.79. The minimum Gasteiger partial charge on any atom is -0.464 e. The summed E-state index contributed by atoms with van der Waals surface area (Å²) in [4.78, 5) is 13.7. The first-order valence-corrected chi connectivity index (χ1v) is 5.35. The second-order valence-electron chi connectivity index (χ2n) is 3.79. The molecule has 6 heteroatoms. The van der Waals surface area contributed by atoms with Gasteiger partial charge in [0.05, 0.1) is 13.3 Å². The summed E-state index contributed by atoms with van der Waals surface area (Å²) < 4.78 is 4.68. The van der Waals surface area contributed by atoms with Gasteiger partial charge in [0.15, 0.2) is 0 Å². The first-order valence-electron chi connectivity index (χ1n) is 5.35. The first-order chi connectivity index (χ1) is 7.81. The van der Waals surface area contributed by atoms with Crippen LogP contribution in [-0.4, -0.2) is 54.4 Å². The van der Waals surface area contributed by atoms with Crippen molar-refractivity contribution in [3.8, 4) is 0 Å². The lowest BCUT2D eigenvalue weighted by Gasteiger charge is -2.26. The van der Waals surface area contributed by atoms with E-state index in [2.05, 4.69) is 25.2 Å². The molecule has 2 rings (SSSR count). The Bertz CT molecular complexity index is 357. The van der Waals surface area contributed by atoms with Gasteiger partial charge in [-0.25, -0.2) is 4.79 Å². The fraction of sp³-hybridized carbons (Fsp3) is 0.600. The average Bonchev–Trinajstić information content (AvgIpc) is 2.77. The summed E-state index contributed by atoms with van der Waals surface area (Å²) in [6.07, 6.45) is 1.69. The summed E-state index contributed by atoms with van der Waals surface area (Å²) >= 11 is 0. The zero-order chi connectivity index (χ0) is 11.4. The molecule has 2 heterocycles. The van der Waals surface area contributed by atoms with E-state index >= 15 is 0 Å². The maximum Gasteiger partial charge on any atom is 0.356 e. The largest absolute Gasteiger partial charge is 0.464 e. The summed E-state index contributed by atoms with van der Waals surface area (Å²) in [6.45, 7) is 4.71. The fourth-order valence-electron chi connectivity index (χ4n) is 1.82. The van der Waals surface area contributed by atoms with Crippen LogP contribution in [0.3, 0.4) is 0 Å². The molecule has 0 bridgehead atoms. The minimum absolute atomic E-state index is 0.359. The molecular weight excluding hydrogens is 208 g/mol. The van der Waals surface area contributed by atoms with Gasteiger partial charge in [-0.3, -0.25) is 10.00 Å². The molecule has 1 fully saturated rings. The van der Waals surface area contributed by atoms with E-state index in [4.69, 9.17) is 0 Å². The van der Waals surface area contributed by atoms with E-state index in [1.54, 1.807) is 6.20 Å². The van der Waals surface area contributed by atoms with Gasteiger partial charge < -0.3 is 10.1 Å². The van der Waals surface area contributed by atoms with Crippen molar-refractivity contribution in [1.29, 1.82) is 0 Å². The minimum atomic E-state index is -0.359. The SMILES string of the molecule is COC(=O)c1[nH]ncc1CN1CCNCC1. The van der Waals surface area contributed by atoms with Crippen LogP contribution in [0, 0.1) is 0 Å². The first kappa shape index (κ1) is 11.1. The van der Waals surface area contributed by atoms with Crippen molar-refractivity contribution >= 4 is 5.97 Å². The molecule has 6 nitrogen and oxygen atoms in total. The molecule has 2 N–H and O–H groups in total. The lowest BCUT2D eigenvalue weighted by Crippen LogP contribution is -2.43. The van der Waals surface area contributed by atoms with Gasteiger partial charge in [0, 0.05) is 38.3 Å². The third-order valence-corrected chi connectivity index (χ3v) is 2.71. The average molecular weight is 224 g/mol. The summed E-state index contributed by atoms with van der Waals surface area (Å²) in [5.41, 5.74) is 1.36. The highest BCUT2D eigenvalue weighted by Gasteiger charge is 2.17. The number of piperazine rings is 1. The van der Waals surface area contributed by atoms with Crippen LogP contribution < -0.4 is 5.32 Å². The molecule has 0 atom stereocenters. The Morgan fingerprint density at radius 1 is 1.56 bits per heavy atom. The number of carbonyl (C=O) groups is 1. The van der Waals surface area contributed by atoms with E-state index in [0.717, 1.165) is 38.3 Å². The standard InChI is InChI=1S/C10H16N4O2/c1-16-10(15)9-8(6-12-13-9)7-14-4-2-11-3-5-14/h6,11H,2-5,7H2,1H3,(H,12,13). The second kappa shape index (κ2) is 5.09. The van der Waals surface area contributed by atoms with E-state index < -0.39 is 0 Å². The van der Waals surface area contributed by atoms with Crippen molar-refractivity contribution in [1.82, 2.24) is 20.4 Å². The molecule has 0 amide bonds. The number of methoxy groups -OCH3 is 1. The summed E-state index contributed by atoms with van der Waals surface area (Å²) in [5, 5.41) is 9.85. The van der Waals surface area contributed by atoms with Crippen LogP contribution in [0.5, 0.6) is 0 Å². The van der Waals surface area contributed by atoms with Gasteiger partial charge in [0.25, 0.3) is 0 Å². The fourth-order valence-corrected chi connectivity index (χ4v) is 1.82. The van der Waals surface area contributed by atoms with Crippen LogP contribution in [0.25, 0.3) is 0 Å². The van der Waals surface area contributed by atoms with Gasteiger partial charge >= 0.3 is 5.97 Å². The van der Waals surface area contributed by atoms with Crippen molar-refractivity contribution < 1.29 is 9.53 Å². The van der Waals surface area contributed by atoms with E-state index in [0.29, 0.717) is 5.69 Å². The number of ether oxygens (including phenoxy) is 1. The molecule has 0 radical (unpaired) electrons. The third kappa shape index (κ3) is 2.40. The number of aromatic nitrogens is 2. The van der Waals surface area contributed by atoms with Gasteiger partial charge in [-0.1, -0.05) is 0 Å². The monoisotopic (exact) mass is 224 g/mol. The molecule has 0 unspecified atom stereocenters. The van der Waals surface area contributed by atoms with E-state index in [1.807, 2.05) is 0 Å². The Hall–Kier alpha value is -1.40. The van der Waals surface area contributed by atoms with Crippen LogP contribution in [0.4, 0.5) is 0 Å². The number of esters is 1. The highest BCUT2D eigenvalue weighted by molar-refractivity contribution is 5.88. The molecule has 0 spiro atoms. The Morgan fingerprint density at radius 3 is 3.00 bits per heavy atom. The molecule has 1 aromatic rings. The molecule has 0 saturated carbocycles. The van der Waals surface area contributed by atoms with Crippen molar-refractivity contribution in [2.45, 2.75) is 6.54 Å². The number of nitrogens with zero attached hydrogens (tertiary/aromatic N) is 2. The maximum absolute atomic E-state index is 11.4.